The SMILES string of the molecule is COc1ccc(S(=O)(=O)O)cc1C[O]. The molecule has 0 bridgehead atoms. The zero-order valence-corrected chi connectivity index (χ0v) is 8.24. The summed E-state index contributed by atoms with van der Waals surface area (Å²) < 4.78 is 35.0. The fourth-order valence-electron chi connectivity index (χ4n) is 1.03. The molecule has 5 nitrogen and oxygen atoms in total. The molecule has 0 saturated heterocycles. The van der Waals surface area contributed by atoms with Crippen LogP contribution in [0.3, 0.4) is 0 Å². The van der Waals surface area contributed by atoms with E-state index >= 15 is 0 Å². The van der Waals surface area contributed by atoms with E-state index in [4.69, 9.17) is 9.29 Å². The van der Waals surface area contributed by atoms with Gasteiger partial charge in [-0.1, -0.05) is 0 Å². The largest absolute Gasteiger partial charge is 0.496 e. The first kappa shape index (κ1) is 11.0. The van der Waals surface area contributed by atoms with Gasteiger partial charge in [0.25, 0.3) is 10.1 Å². The van der Waals surface area contributed by atoms with E-state index in [2.05, 4.69) is 0 Å². The van der Waals surface area contributed by atoms with E-state index in [-0.39, 0.29) is 10.5 Å². The van der Waals surface area contributed by atoms with E-state index in [9.17, 15) is 13.5 Å². The highest BCUT2D eigenvalue weighted by atomic mass is 32.2. The summed E-state index contributed by atoms with van der Waals surface area (Å²) in [5, 5.41) is 10.6. The van der Waals surface area contributed by atoms with Gasteiger partial charge >= 0.3 is 0 Å². The van der Waals surface area contributed by atoms with Gasteiger partial charge in [0, 0.05) is 5.56 Å². The van der Waals surface area contributed by atoms with Gasteiger partial charge in [-0.2, -0.15) is 8.42 Å². The van der Waals surface area contributed by atoms with Crippen molar-refractivity contribution in [1.29, 1.82) is 0 Å². The van der Waals surface area contributed by atoms with E-state index < -0.39 is 16.7 Å². The van der Waals surface area contributed by atoms with Crippen LogP contribution in [-0.4, -0.2) is 20.1 Å². The van der Waals surface area contributed by atoms with Crippen LogP contribution in [0.1, 0.15) is 5.56 Å². The van der Waals surface area contributed by atoms with Gasteiger partial charge in [0.05, 0.1) is 12.0 Å². The first-order valence-electron chi connectivity index (χ1n) is 3.71. The second kappa shape index (κ2) is 3.95. The van der Waals surface area contributed by atoms with Crippen LogP contribution >= 0.6 is 0 Å². The summed E-state index contributed by atoms with van der Waals surface area (Å²) in [6.07, 6.45) is 0. The van der Waals surface area contributed by atoms with Crippen molar-refractivity contribution in [3.05, 3.63) is 23.8 Å². The fourth-order valence-corrected chi connectivity index (χ4v) is 1.56. The number of rotatable bonds is 3. The summed E-state index contributed by atoms with van der Waals surface area (Å²) in [7, 11) is -2.88. The predicted molar refractivity (Wildman–Crippen MR) is 47.2 cm³/mol. The highest BCUT2D eigenvalue weighted by Crippen LogP contribution is 2.22. The Bertz CT molecular complexity index is 423. The Balaban J connectivity index is 3.28. The van der Waals surface area contributed by atoms with Crippen LogP contribution in [0.5, 0.6) is 5.75 Å². The Labute approximate surface area is 81.7 Å². The molecule has 77 valence electrons. The van der Waals surface area contributed by atoms with Gasteiger partial charge < -0.3 is 4.74 Å². The minimum Gasteiger partial charge on any atom is -0.496 e. The van der Waals surface area contributed by atoms with Crippen molar-refractivity contribution in [3.8, 4) is 5.75 Å². The number of benzene rings is 1. The molecule has 1 aromatic carbocycles. The van der Waals surface area contributed by atoms with Gasteiger partial charge in [-0.3, -0.25) is 4.55 Å². The molecule has 0 aliphatic rings. The molecule has 1 N–H and O–H groups in total. The van der Waals surface area contributed by atoms with Crippen LogP contribution in [0.25, 0.3) is 0 Å². The van der Waals surface area contributed by atoms with Crippen molar-refractivity contribution in [2.24, 2.45) is 0 Å². The number of hydrogen-bond acceptors (Lipinski definition) is 3. The summed E-state index contributed by atoms with van der Waals surface area (Å²) in [6, 6.07) is 3.60. The van der Waals surface area contributed by atoms with Crippen LogP contribution in [0, 0.1) is 0 Å². The maximum absolute atomic E-state index is 10.7. The Kier molecular flexibility index (Phi) is 3.10. The molecule has 6 heteroatoms. The molecule has 0 amide bonds. The third-order valence-electron chi connectivity index (χ3n) is 1.71. The van der Waals surface area contributed by atoms with Crippen molar-refractivity contribution in [3.63, 3.8) is 0 Å². The monoisotopic (exact) mass is 217 g/mol. The second-order valence-corrected chi connectivity index (χ2v) is 4.01. The molecular formula is C8H9O5S. The van der Waals surface area contributed by atoms with Gasteiger partial charge in [-0.25, -0.2) is 5.11 Å². The highest BCUT2D eigenvalue weighted by molar-refractivity contribution is 7.85. The van der Waals surface area contributed by atoms with E-state index in [0.717, 1.165) is 6.07 Å². The summed E-state index contributed by atoms with van der Waals surface area (Å²) in [4.78, 5) is -0.302. The molecule has 0 fully saturated rings. The van der Waals surface area contributed by atoms with Crippen LogP contribution in [-0.2, 0) is 21.8 Å². The van der Waals surface area contributed by atoms with E-state index in [1.54, 1.807) is 0 Å². The van der Waals surface area contributed by atoms with Gasteiger partial charge in [-0.05, 0) is 18.2 Å². The first-order chi connectivity index (χ1) is 6.49. The van der Waals surface area contributed by atoms with Crippen LogP contribution in [0.2, 0.25) is 0 Å². The smallest absolute Gasteiger partial charge is 0.294 e. The molecule has 14 heavy (non-hydrogen) atoms. The number of hydrogen-bond donors (Lipinski definition) is 1. The molecule has 0 unspecified atom stereocenters. The molecule has 0 spiro atoms. The number of methoxy groups -OCH3 is 1. The second-order valence-electron chi connectivity index (χ2n) is 2.59. The maximum atomic E-state index is 10.7. The lowest BCUT2D eigenvalue weighted by atomic mass is 10.2. The van der Waals surface area contributed by atoms with Gasteiger partial charge in [0.2, 0.25) is 0 Å². The third kappa shape index (κ3) is 2.22. The fraction of sp³-hybridized carbons (Fsp3) is 0.250. The number of ether oxygens (including phenoxy) is 1. The summed E-state index contributed by atoms with van der Waals surface area (Å²) >= 11 is 0. The van der Waals surface area contributed by atoms with Gasteiger partial charge in [-0.15, -0.1) is 0 Å². The van der Waals surface area contributed by atoms with Crippen molar-refractivity contribution >= 4 is 10.1 Å². The molecule has 1 rings (SSSR count). The zero-order valence-electron chi connectivity index (χ0n) is 7.43. The Hall–Kier alpha value is -1.11. The van der Waals surface area contributed by atoms with E-state index in [1.165, 1.54) is 19.2 Å². The summed E-state index contributed by atoms with van der Waals surface area (Å²) in [5.74, 6) is 0.312. The topological polar surface area (TPSA) is 83.5 Å². The predicted octanol–water partition coefficient (Wildman–Crippen LogP) is 0.872. The normalized spacial score (nSPS) is 11.4. The summed E-state index contributed by atoms with van der Waals surface area (Å²) in [6.45, 7) is -0.605. The van der Waals surface area contributed by atoms with Gasteiger partial charge in [0.15, 0.2) is 0 Å². The zero-order chi connectivity index (χ0) is 10.8. The van der Waals surface area contributed by atoms with Crippen LogP contribution in [0.4, 0.5) is 0 Å². The third-order valence-corrected chi connectivity index (χ3v) is 2.55. The minimum atomic E-state index is -4.25. The molecule has 0 heterocycles. The Morgan fingerprint density at radius 2 is 2.07 bits per heavy atom. The molecule has 0 aromatic heterocycles. The Morgan fingerprint density at radius 1 is 1.43 bits per heavy atom. The van der Waals surface area contributed by atoms with E-state index in [1.807, 2.05) is 0 Å². The van der Waals surface area contributed by atoms with Crippen LogP contribution < -0.4 is 4.74 Å². The first-order valence-corrected chi connectivity index (χ1v) is 5.15. The van der Waals surface area contributed by atoms with Crippen LogP contribution in [0.15, 0.2) is 23.1 Å². The average molecular weight is 217 g/mol. The van der Waals surface area contributed by atoms with Crippen molar-refractivity contribution in [1.82, 2.24) is 0 Å². The molecule has 1 aromatic rings. The highest BCUT2D eigenvalue weighted by Gasteiger charge is 2.12. The van der Waals surface area contributed by atoms with Gasteiger partial charge in [0.1, 0.15) is 12.4 Å². The minimum absolute atomic E-state index is 0.197. The quantitative estimate of drug-likeness (QED) is 0.761. The lowest BCUT2D eigenvalue weighted by Gasteiger charge is -2.06. The molecule has 0 aliphatic heterocycles. The molecular weight excluding hydrogens is 208 g/mol. The standard InChI is InChI=1S/C8H9O5S/c1-13-8-3-2-7(14(10,11)12)4-6(8)5-9/h2-4H,5H2,1H3,(H,10,11,12). The van der Waals surface area contributed by atoms with Crippen molar-refractivity contribution in [2.75, 3.05) is 7.11 Å². The Morgan fingerprint density at radius 3 is 2.50 bits per heavy atom. The summed E-state index contributed by atoms with van der Waals surface area (Å²) in [5.41, 5.74) is 0.197. The lowest BCUT2D eigenvalue weighted by Crippen LogP contribution is -2.00. The molecule has 1 radical (unpaired) electrons. The van der Waals surface area contributed by atoms with Crippen molar-refractivity contribution in [2.45, 2.75) is 11.5 Å². The molecule has 0 aliphatic carbocycles. The molecule has 0 saturated carbocycles. The maximum Gasteiger partial charge on any atom is 0.294 e. The van der Waals surface area contributed by atoms with Crippen molar-refractivity contribution < 1.29 is 22.8 Å². The van der Waals surface area contributed by atoms with E-state index in [0.29, 0.717) is 5.75 Å². The average Bonchev–Trinajstić information content (AvgIpc) is 2.15. The molecule has 0 atom stereocenters. The lowest BCUT2D eigenvalue weighted by molar-refractivity contribution is 0.174.